The van der Waals surface area contributed by atoms with Crippen LogP contribution in [0.3, 0.4) is 0 Å². The summed E-state index contributed by atoms with van der Waals surface area (Å²) in [6.07, 6.45) is 3.53. The molecule has 6 heteroatoms. The predicted octanol–water partition coefficient (Wildman–Crippen LogP) is 2.21. The SMILES string of the molecule is NC(N)=NOC/C=C/c1ccc(Cl)cc1Cl. The van der Waals surface area contributed by atoms with Gasteiger partial charge in [-0.15, -0.1) is 0 Å². The average Bonchev–Trinajstić information content (AvgIpc) is 2.20. The fourth-order valence-corrected chi connectivity index (χ4v) is 1.44. The highest BCUT2D eigenvalue weighted by atomic mass is 35.5. The molecule has 0 heterocycles. The van der Waals surface area contributed by atoms with E-state index in [2.05, 4.69) is 5.16 Å². The van der Waals surface area contributed by atoms with Crippen molar-refractivity contribution in [1.29, 1.82) is 0 Å². The first-order chi connectivity index (χ1) is 7.59. The molecule has 0 aromatic heterocycles. The van der Waals surface area contributed by atoms with Crippen LogP contribution in [0.25, 0.3) is 6.08 Å². The van der Waals surface area contributed by atoms with E-state index in [0.29, 0.717) is 10.0 Å². The van der Waals surface area contributed by atoms with Crippen LogP contribution in [0, 0.1) is 0 Å². The lowest BCUT2D eigenvalue weighted by Gasteiger charge is -1.98. The second kappa shape index (κ2) is 6.25. The summed E-state index contributed by atoms with van der Waals surface area (Å²) in [7, 11) is 0. The quantitative estimate of drug-likeness (QED) is 0.377. The number of rotatable bonds is 4. The molecule has 0 aliphatic carbocycles. The molecule has 0 fully saturated rings. The van der Waals surface area contributed by atoms with Gasteiger partial charge in [0.25, 0.3) is 0 Å². The Bertz CT molecular complexity index is 415. The van der Waals surface area contributed by atoms with Crippen LogP contribution in [0.15, 0.2) is 29.4 Å². The van der Waals surface area contributed by atoms with Crippen molar-refractivity contribution in [2.24, 2.45) is 16.6 Å². The van der Waals surface area contributed by atoms with Crippen molar-refractivity contribution in [2.45, 2.75) is 0 Å². The van der Waals surface area contributed by atoms with E-state index in [4.69, 9.17) is 39.5 Å². The van der Waals surface area contributed by atoms with Crippen LogP contribution in [-0.2, 0) is 4.84 Å². The molecule has 0 spiro atoms. The highest BCUT2D eigenvalue weighted by Gasteiger charge is 1.96. The third kappa shape index (κ3) is 4.42. The molecule has 1 rings (SSSR count). The smallest absolute Gasteiger partial charge is 0.228 e. The number of benzene rings is 1. The van der Waals surface area contributed by atoms with Crippen molar-refractivity contribution in [1.82, 2.24) is 0 Å². The monoisotopic (exact) mass is 259 g/mol. The van der Waals surface area contributed by atoms with E-state index in [0.717, 1.165) is 5.56 Å². The molecular formula is C10H11Cl2N3O. The van der Waals surface area contributed by atoms with Crippen LogP contribution in [0.5, 0.6) is 0 Å². The maximum atomic E-state index is 5.95. The van der Waals surface area contributed by atoms with Gasteiger partial charge >= 0.3 is 0 Å². The molecule has 4 N–H and O–H groups in total. The van der Waals surface area contributed by atoms with Gasteiger partial charge in [-0.05, 0) is 28.9 Å². The van der Waals surface area contributed by atoms with E-state index in [-0.39, 0.29) is 12.6 Å². The molecule has 0 aliphatic heterocycles. The van der Waals surface area contributed by atoms with Gasteiger partial charge in [-0.25, -0.2) is 0 Å². The molecule has 0 aliphatic rings. The maximum Gasteiger partial charge on any atom is 0.228 e. The minimum absolute atomic E-state index is 0.113. The Hall–Kier alpha value is -1.39. The van der Waals surface area contributed by atoms with Gasteiger partial charge < -0.3 is 16.3 Å². The first kappa shape index (κ1) is 12.7. The molecule has 0 unspecified atom stereocenters. The van der Waals surface area contributed by atoms with Crippen LogP contribution in [0.2, 0.25) is 10.0 Å². The summed E-state index contributed by atoms with van der Waals surface area (Å²) < 4.78 is 0. The van der Waals surface area contributed by atoms with Gasteiger partial charge in [0.1, 0.15) is 6.61 Å². The van der Waals surface area contributed by atoms with Crippen molar-refractivity contribution in [2.75, 3.05) is 6.61 Å². The molecule has 4 nitrogen and oxygen atoms in total. The lowest BCUT2D eigenvalue weighted by molar-refractivity contribution is 0.174. The molecule has 0 saturated carbocycles. The zero-order valence-electron chi connectivity index (χ0n) is 8.36. The van der Waals surface area contributed by atoms with Gasteiger partial charge in [-0.3, -0.25) is 0 Å². The van der Waals surface area contributed by atoms with Crippen LogP contribution in [0.1, 0.15) is 5.56 Å². The lowest BCUT2D eigenvalue weighted by atomic mass is 10.2. The van der Waals surface area contributed by atoms with Gasteiger partial charge in [0.05, 0.1) is 0 Å². The summed E-state index contributed by atoms with van der Waals surface area (Å²) in [4.78, 5) is 4.76. The number of guanidine groups is 1. The Morgan fingerprint density at radius 3 is 2.75 bits per heavy atom. The standard InChI is InChI=1S/C10H11Cl2N3O/c11-8-4-3-7(9(12)6-8)2-1-5-16-15-10(13)14/h1-4,6H,5H2,(H4,13,14,15)/b2-1+. The molecule has 1 aromatic rings. The molecule has 0 radical (unpaired) electrons. The van der Waals surface area contributed by atoms with Gasteiger partial charge in [-0.1, -0.05) is 35.3 Å². The Labute approximate surface area is 103 Å². The Morgan fingerprint density at radius 1 is 1.38 bits per heavy atom. The molecule has 1 aromatic carbocycles. The Morgan fingerprint density at radius 2 is 2.12 bits per heavy atom. The molecule has 0 amide bonds. The molecule has 86 valence electrons. The third-order valence-corrected chi connectivity index (χ3v) is 2.16. The van der Waals surface area contributed by atoms with Crippen molar-refractivity contribution in [3.63, 3.8) is 0 Å². The summed E-state index contributed by atoms with van der Waals surface area (Å²) in [6.45, 7) is 0.261. The van der Waals surface area contributed by atoms with Gasteiger partial charge in [0, 0.05) is 10.0 Å². The van der Waals surface area contributed by atoms with Crippen LogP contribution >= 0.6 is 23.2 Å². The Balaban J connectivity index is 2.53. The predicted molar refractivity (Wildman–Crippen MR) is 67.3 cm³/mol. The minimum Gasteiger partial charge on any atom is -0.389 e. The van der Waals surface area contributed by atoms with Crippen molar-refractivity contribution < 1.29 is 4.84 Å². The average molecular weight is 260 g/mol. The number of hydrogen-bond donors (Lipinski definition) is 2. The first-order valence-corrected chi connectivity index (χ1v) is 5.17. The molecular weight excluding hydrogens is 249 g/mol. The first-order valence-electron chi connectivity index (χ1n) is 4.42. The number of halogens is 2. The highest BCUT2D eigenvalue weighted by molar-refractivity contribution is 6.35. The summed E-state index contributed by atoms with van der Waals surface area (Å²) in [5.74, 6) is -0.113. The van der Waals surface area contributed by atoms with Gasteiger partial charge in [0.15, 0.2) is 0 Å². The van der Waals surface area contributed by atoms with E-state index in [1.54, 1.807) is 24.3 Å². The zero-order valence-corrected chi connectivity index (χ0v) is 9.87. The summed E-state index contributed by atoms with van der Waals surface area (Å²) >= 11 is 11.7. The van der Waals surface area contributed by atoms with Crippen LogP contribution < -0.4 is 11.5 Å². The van der Waals surface area contributed by atoms with Crippen molar-refractivity contribution >= 4 is 35.2 Å². The zero-order chi connectivity index (χ0) is 12.0. The number of hydrogen-bond acceptors (Lipinski definition) is 2. The highest BCUT2D eigenvalue weighted by Crippen LogP contribution is 2.21. The number of oxime groups is 1. The molecule has 0 bridgehead atoms. The normalized spacial score (nSPS) is 10.4. The summed E-state index contributed by atoms with van der Waals surface area (Å²) in [5, 5.41) is 4.53. The third-order valence-electron chi connectivity index (χ3n) is 1.60. The fraction of sp³-hybridized carbons (Fsp3) is 0.100. The Kier molecular flexibility index (Phi) is 4.95. The van der Waals surface area contributed by atoms with Gasteiger partial charge in [-0.2, -0.15) is 0 Å². The molecule has 0 atom stereocenters. The maximum absolute atomic E-state index is 5.95. The minimum atomic E-state index is -0.113. The summed E-state index contributed by atoms with van der Waals surface area (Å²) in [5.41, 5.74) is 11.0. The van der Waals surface area contributed by atoms with E-state index >= 15 is 0 Å². The van der Waals surface area contributed by atoms with E-state index in [1.807, 2.05) is 6.07 Å². The van der Waals surface area contributed by atoms with Crippen LogP contribution in [0.4, 0.5) is 0 Å². The fourth-order valence-electron chi connectivity index (χ4n) is 0.967. The van der Waals surface area contributed by atoms with Gasteiger partial charge in [0.2, 0.25) is 5.96 Å². The topological polar surface area (TPSA) is 73.6 Å². The van der Waals surface area contributed by atoms with E-state index < -0.39 is 0 Å². The van der Waals surface area contributed by atoms with Crippen LogP contribution in [-0.4, -0.2) is 12.6 Å². The molecule has 16 heavy (non-hydrogen) atoms. The lowest BCUT2D eigenvalue weighted by Crippen LogP contribution is -2.22. The largest absolute Gasteiger partial charge is 0.389 e. The van der Waals surface area contributed by atoms with E-state index in [9.17, 15) is 0 Å². The second-order valence-electron chi connectivity index (χ2n) is 2.88. The number of nitrogens with zero attached hydrogens (tertiary/aromatic N) is 1. The van der Waals surface area contributed by atoms with Crippen molar-refractivity contribution in [3.8, 4) is 0 Å². The van der Waals surface area contributed by atoms with Crippen molar-refractivity contribution in [3.05, 3.63) is 39.9 Å². The molecule has 0 saturated heterocycles. The second-order valence-corrected chi connectivity index (χ2v) is 3.72. The van der Waals surface area contributed by atoms with E-state index in [1.165, 1.54) is 0 Å². The number of nitrogens with two attached hydrogens (primary N) is 2. The summed E-state index contributed by atoms with van der Waals surface area (Å²) in [6, 6.07) is 5.23.